The van der Waals surface area contributed by atoms with Crippen LogP contribution in [0.1, 0.15) is 11.3 Å². The van der Waals surface area contributed by atoms with Crippen LogP contribution in [0.5, 0.6) is 0 Å². The Bertz CT molecular complexity index is 457. The third kappa shape index (κ3) is 1.48. The highest BCUT2D eigenvalue weighted by Crippen LogP contribution is 2.16. The Morgan fingerprint density at radius 2 is 2.07 bits per heavy atom. The number of aromatic nitrogens is 2. The van der Waals surface area contributed by atoms with E-state index in [0.717, 1.165) is 22.6 Å². The zero-order valence-corrected chi connectivity index (χ0v) is 8.36. The van der Waals surface area contributed by atoms with Crippen LogP contribution in [0.3, 0.4) is 0 Å². The molecule has 14 heavy (non-hydrogen) atoms. The van der Waals surface area contributed by atoms with E-state index in [1.165, 1.54) is 0 Å². The highest BCUT2D eigenvalue weighted by Gasteiger charge is 1.99. The number of benzene rings is 1. The van der Waals surface area contributed by atoms with Gasteiger partial charge >= 0.3 is 0 Å². The Morgan fingerprint density at radius 3 is 2.64 bits per heavy atom. The van der Waals surface area contributed by atoms with Gasteiger partial charge in [0.1, 0.15) is 0 Å². The van der Waals surface area contributed by atoms with Crippen LogP contribution in [0.4, 0.5) is 5.69 Å². The highest BCUT2D eigenvalue weighted by molar-refractivity contribution is 5.53. The average Bonchev–Trinajstić information content (AvgIpc) is 2.57. The average molecular weight is 187 g/mol. The minimum atomic E-state index is 0.814. The monoisotopic (exact) mass is 187 g/mol. The van der Waals surface area contributed by atoms with Crippen molar-refractivity contribution in [1.82, 2.24) is 9.55 Å². The maximum atomic E-state index is 5.83. The van der Waals surface area contributed by atoms with Crippen molar-refractivity contribution >= 4 is 5.69 Å². The van der Waals surface area contributed by atoms with Crippen LogP contribution in [0.25, 0.3) is 5.69 Å². The third-order valence-electron chi connectivity index (χ3n) is 2.27. The zero-order chi connectivity index (χ0) is 10.1. The SMILES string of the molecule is Cc1cn(-c2ccc(C)c(N)c2)cn1. The van der Waals surface area contributed by atoms with Gasteiger partial charge in [0.05, 0.1) is 12.0 Å². The first-order chi connectivity index (χ1) is 6.66. The van der Waals surface area contributed by atoms with Gasteiger partial charge in [-0.1, -0.05) is 6.07 Å². The van der Waals surface area contributed by atoms with Gasteiger partial charge in [0.25, 0.3) is 0 Å². The number of hydrogen-bond donors (Lipinski definition) is 1. The molecule has 0 aliphatic carbocycles. The van der Waals surface area contributed by atoms with Gasteiger partial charge in [-0.25, -0.2) is 4.98 Å². The van der Waals surface area contributed by atoms with Gasteiger partial charge in [-0.15, -0.1) is 0 Å². The molecular formula is C11H13N3. The Labute approximate surface area is 83.2 Å². The number of nitrogen functional groups attached to an aromatic ring is 1. The lowest BCUT2D eigenvalue weighted by Gasteiger charge is -2.05. The summed E-state index contributed by atoms with van der Waals surface area (Å²) in [6.07, 6.45) is 3.77. The fraction of sp³-hybridized carbons (Fsp3) is 0.182. The molecular weight excluding hydrogens is 174 g/mol. The van der Waals surface area contributed by atoms with Crippen LogP contribution in [-0.2, 0) is 0 Å². The molecule has 2 rings (SSSR count). The van der Waals surface area contributed by atoms with Crippen LogP contribution in [0, 0.1) is 13.8 Å². The van der Waals surface area contributed by atoms with Crippen molar-refractivity contribution in [2.75, 3.05) is 5.73 Å². The molecule has 0 saturated heterocycles. The molecule has 0 amide bonds. The van der Waals surface area contributed by atoms with Crippen LogP contribution < -0.4 is 5.73 Å². The first kappa shape index (κ1) is 8.81. The molecule has 0 fully saturated rings. The number of anilines is 1. The molecule has 1 aromatic carbocycles. The Kier molecular flexibility index (Phi) is 2.00. The van der Waals surface area contributed by atoms with E-state index in [0.29, 0.717) is 0 Å². The van der Waals surface area contributed by atoms with Gasteiger partial charge in [-0.3, -0.25) is 0 Å². The molecule has 1 heterocycles. The minimum absolute atomic E-state index is 0.814. The summed E-state index contributed by atoms with van der Waals surface area (Å²) in [6.45, 7) is 3.96. The largest absolute Gasteiger partial charge is 0.398 e. The maximum absolute atomic E-state index is 5.83. The van der Waals surface area contributed by atoms with Gasteiger partial charge in [-0.05, 0) is 31.5 Å². The van der Waals surface area contributed by atoms with E-state index in [9.17, 15) is 0 Å². The number of rotatable bonds is 1. The van der Waals surface area contributed by atoms with Crippen molar-refractivity contribution in [2.45, 2.75) is 13.8 Å². The molecule has 72 valence electrons. The summed E-state index contributed by atoms with van der Waals surface area (Å²) in [6, 6.07) is 6.00. The van der Waals surface area contributed by atoms with E-state index in [-0.39, 0.29) is 0 Å². The van der Waals surface area contributed by atoms with Gasteiger partial charge in [0.2, 0.25) is 0 Å². The first-order valence-corrected chi connectivity index (χ1v) is 4.54. The van der Waals surface area contributed by atoms with Crippen molar-refractivity contribution in [3.63, 3.8) is 0 Å². The van der Waals surface area contributed by atoms with E-state index >= 15 is 0 Å². The van der Waals surface area contributed by atoms with Gasteiger partial charge in [0.15, 0.2) is 0 Å². The van der Waals surface area contributed by atoms with Crippen molar-refractivity contribution in [2.24, 2.45) is 0 Å². The molecule has 0 unspecified atom stereocenters. The summed E-state index contributed by atoms with van der Waals surface area (Å²) in [4.78, 5) is 4.17. The molecule has 2 N–H and O–H groups in total. The van der Waals surface area contributed by atoms with Gasteiger partial charge in [-0.2, -0.15) is 0 Å². The lowest BCUT2D eigenvalue weighted by atomic mass is 10.2. The number of aryl methyl sites for hydroxylation is 2. The summed E-state index contributed by atoms with van der Waals surface area (Å²) in [5.41, 5.74) is 9.80. The summed E-state index contributed by atoms with van der Waals surface area (Å²) in [5, 5.41) is 0. The van der Waals surface area contributed by atoms with E-state index in [4.69, 9.17) is 5.73 Å². The fourth-order valence-electron chi connectivity index (χ4n) is 1.35. The van der Waals surface area contributed by atoms with Crippen LogP contribution in [-0.4, -0.2) is 9.55 Å². The predicted octanol–water partition coefficient (Wildman–Crippen LogP) is 2.07. The zero-order valence-electron chi connectivity index (χ0n) is 8.36. The lowest BCUT2D eigenvalue weighted by Crippen LogP contribution is -1.94. The van der Waals surface area contributed by atoms with Crippen molar-refractivity contribution in [3.05, 3.63) is 42.0 Å². The molecule has 3 nitrogen and oxygen atoms in total. The number of nitrogens with zero attached hydrogens (tertiary/aromatic N) is 2. The molecule has 0 atom stereocenters. The smallest absolute Gasteiger partial charge is 0.0995 e. The molecule has 0 radical (unpaired) electrons. The summed E-state index contributed by atoms with van der Waals surface area (Å²) >= 11 is 0. The highest BCUT2D eigenvalue weighted by atomic mass is 15.0. The second-order valence-electron chi connectivity index (χ2n) is 3.46. The Morgan fingerprint density at radius 1 is 1.29 bits per heavy atom. The number of hydrogen-bond acceptors (Lipinski definition) is 2. The quantitative estimate of drug-likeness (QED) is 0.694. The van der Waals surface area contributed by atoms with E-state index in [1.54, 1.807) is 6.33 Å². The normalized spacial score (nSPS) is 10.4. The van der Waals surface area contributed by atoms with Gasteiger partial charge in [0, 0.05) is 17.6 Å². The summed E-state index contributed by atoms with van der Waals surface area (Å²) in [5.74, 6) is 0. The second-order valence-corrected chi connectivity index (χ2v) is 3.46. The van der Waals surface area contributed by atoms with Crippen molar-refractivity contribution < 1.29 is 0 Å². The van der Waals surface area contributed by atoms with E-state index in [1.807, 2.05) is 42.8 Å². The Balaban J connectivity index is 2.47. The second kappa shape index (κ2) is 3.18. The minimum Gasteiger partial charge on any atom is -0.398 e. The summed E-state index contributed by atoms with van der Waals surface area (Å²) < 4.78 is 1.96. The third-order valence-corrected chi connectivity index (χ3v) is 2.27. The van der Waals surface area contributed by atoms with Crippen molar-refractivity contribution in [1.29, 1.82) is 0 Å². The summed E-state index contributed by atoms with van der Waals surface area (Å²) in [7, 11) is 0. The van der Waals surface area contributed by atoms with Crippen LogP contribution in [0.2, 0.25) is 0 Å². The molecule has 2 aromatic rings. The number of nitrogens with two attached hydrogens (primary N) is 1. The maximum Gasteiger partial charge on any atom is 0.0995 e. The Hall–Kier alpha value is -1.77. The fourth-order valence-corrected chi connectivity index (χ4v) is 1.35. The number of imidazole rings is 1. The lowest BCUT2D eigenvalue weighted by molar-refractivity contribution is 1.06. The molecule has 0 aliphatic heterocycles. The molecule has 1 aromatic heterocycles. The molecule has 0 bridgehead atoms. The van der Waals surface area contributed by atoms with Crippen LogP contribution in [0.15, 0.2) is 30.7 Å². The van der Waals surface area contributed by atoms with Gasteiger partial charge < -0.3 is 10.3 Å². The topological polar surface area (TPSA) is 43.8 Å². The van der Waals surface area contributed by atoms with E-state index < -0.39 is 0 Å². The van der Waals surface area contributed by atoms with Crippen LogP contribution >= 0.6 is 0 Å². The predicted molar refractivity (Wildman–Crippen MR) is 57.5 cm³/mol. The molecule has 0 spiro atoms. The standard InChI is InChI=1S/C11H13N3/c1-8-3-4-10(5-11(8)12)14-6-9(2)13-7-14/h3-7H,12H2,1-2H3. The molecule has 0 aliphatic rings. The molecule has 0 saturated carbocycles. The van der Waals surface area contributed by atoms with Crippen molar-refractivity contribution in [3.8, 4) is 5.69 Å². The van der Waals surface area contributed by atoms with E-state index in [2.05, 4.69) is 4.98 Å². The first-order valence-electron chi connectivity index (χ1n) is 4.54. The molecule has 3 heteroatoms.